The van der Waals surface area contributed by atoms with E-state index in [9.17, 15) is 4.79 Å². The van der Waals surface area contributed by atoms with Gasteiger partial charge < -0.3 is 15.8 Å². The molecule has 2 saturated heterocycles. The van der Waals surface area contributed by atoms with Crippen LogP contribution in [0.5, 0.6) is 0 Å². The fourth-order valence-corrected chi connectivity index (χ4v) is 5.62. The number of ether oxygens (including phenoxy) is 1. The highest BCUT2D eigenvalue weighted by atomic mass is 16.5. The number of nitrogen functional groups attached to an aromatic ring is 1. The maximum absolute atomic E-state index is 11.7. The van der Waals surface area contributed by atoms with Gasteiger partial charge in [0.25, 0.3) is 0 Å². The molecule has 0 aliphatic carbocycles. The van der Waals surface area contributed by atoms with Crippen molar-refractivity contribution >= 4 is 28.1 Å². The predicted molar refractivity (Wildman–Crippen MR) is 138 cm³/mol. The van der Waals surface area contributed by atoms with Gasteiger partial charge in [-0.2, -0.15) is 15.3 Å². The highest BCUT2D eigenvalue weighted by Gasteiger charge is 2.25. The van der Waals surface area contributed by atoms with Crippen molar-refractivity contribution < 1.29 is 9.53 Å². The van der Waals surface area contributed by atoms with Gasteiger partial charge in [-0.25, -0.2) is 9.50 Å². The molecule has 3 N–H and O–H groups in total. The van der Waals surface area contributed by atoms with Crippen LogP contribution in [0.1, 0.15) is 31.7 Å². The summed E-state index contributed by atoms with van der Waals surface area (Å²) in [5, 5.41) is 17.9. The molecule has 2 aliphatic rings. The lowest BCUT2D eigenvalue weighted by Gasteiger charge is -2.24. The van der Waals surface area contributed by atoms with Gasteiger partial charge in [-0.15, -0.1) is 0 Å². The van der Waals surface area contributed by atoms with Gasteiger partial charge in [0.2, 0.25) is 5.91 Å². The molecule has 7 rings (SSSR count). The van der Waals surface area contributed by atoms with Gasteiger partial charge in [-0.3, -0.25) is 14.2 Å². The third-order valence-electron chi connectivity index (χ3n) is 7.48. The van der Waals surface area contributed by atoms with Crippen LogP contribution in [0.4, 0.5) is 5.82 Å². The van der Waals surface area contributed by atoms with E-state index in [1.807, 2.05) is 27.7 Å². The van der Waals surface area contributed by atoms with E-state index in [1.54, 1.807) is 0 Å². The summed E-state index contributed by atoms with van der Waals surface area (Å²) in [6, 6.07) is 10.8. The van der Waals surface area contributed by atoms with E-state index in [4.69, 9.17) is 10.5 Å². The first-order valence-electron chi connectivity index (χ1n) is 12.6. The van der Waals surface area contributed by atoms with Gasteiger partial charge >= 0.3 is 0 Å². The Morgan fingerprint density at radius 3 is 2.78 bits per heavy atom. The van der Waals surface area contributed by atoms with E-state index in [2.05, 4.69) is 54.5 Å². The zero-order valence-corrected chi connectivity index (χ0v) is 20.2. The van der Waals surface area contributed by atoms with Crippen LogP contribution in [0.2, 0.25) is 0 Å². The van der Waals surface area contributed by atoms with Crippen LogP contribution in [-0.4, -0.2) is 59.3 Å². The molecule has 0 radical (unpaired) electrons. The van der Waals surface area contributed by atoms with Crippen LogP contribution in [0, 0.1) is 0 Å². The molecule has 2 fully saturated rings. The molecule has 37 heavy (non-hydrogen) atoms. The Labute approximate surface area is 212 Å². The van der Waals surface area contributed by atoms with Gasteiger partial charge in [0.05, 0.1) is 35.7 Å². The quantitative estimate of drug-likeness (QED) is 0.382. The van der Waals surface area contributed by atoms with E-state index >= 15 is 0 Å². The van der Waals surface area contributed by atoms with Crippen LogP contribution in [-0.2, 0) is 16.1 Å². The molecule has 11 nitrogen and oxygen atoms in total. The molecule has 188 valence electrons. The molecule has 1 atom stereocenters. The third kappa shape index (κ3) is 3.73. The van der Waals surface area contributed by atoms with Crippen LogP contribution < -0.4 is 11.1 Å². The Hall–Kier alpha value is -4.25. The zero-order chi connectivity index (χ0) is 24.9. The van der Waals surface area contributed by atoms with Gasteiger partial charge in [-0.1, -0.05) is 12.1 Å². The van der Waals surface area contributed by atoms with Crippen molar-refractivity contribution in [3.63, 3.8) is 0 Å². The lowest BCUT2D eigenvalue weighted by Crippen LogP contribution is -2.29. The molecule has 11 heteroatoms. The van der Waals surface area contributed by atoms with E-state index in [1.165, 1.54) is 6.33 Å². The number of anilines is 1. The fraction of sp³-hybridized carbons (Fsp3) is 0.346. The van der Waals surface area contributed by atoms with Crippen LogP contribution in [0.3, 0.4) is 0 Å². The molecule has 1 aromatic carbocycles. The Kier molecular flexibility index (Phi) is 5.17. The van der Waals surface area contributed by atoms with E-state index < -0.39 is 0 Å². The van der Waals surface area contributed by atoms with Crippen LogP contribution in [0.15, 0.2) is 49.1 Å². The molecule has 0 saturated carbocycles. The maximum Gasteiger partial charge on any atom is 0.220 e. The van der Waals surface area contributed by atoms with Crippen molar-refractivity contribution in [3.05, 3.63) is 49.1 Å². The Balaban J connectivity index is 1.34. The number of nitrogens with zero attached hydrogens (tertiary/aromatic N) is 7. The molecule has 0 spiro atoms. The molecule has 5 aromatic rings. The van der Waals surface area contributed by atoms with Crippen LogP contribution in [0.25, 0.3) is 38.9 Å². The largest absolute Gasteiger partial charge is 0.382 e. The second kappa shape index (κ2) is 8.70. The standard InChI is InChI=1S/C26H27N9O2/c27-26-25-20(21-5-8-29-34(21)19-6-9-37-10-7-19)12-23(35(25)31-15-28-26)16-1-2-17-13-30-33(22(17)11-16)14-18-3-4-24(36)32-18/h1-2,5,8,11-13,15,18-19H,3-4,6-7,9-10,14H2,(H,32,36)(H2,27,28,31)/t18-/m1/s1. The SMILES string of the molecule is Nc1ncnn2c(-c3ccc4cnn(C[C@H]5CCC(=O)N5)c4c3)cc(-c3ccnn3C3CCOCC3)c12. The first-order valence-corrected chi connectivity index (χ1v) is 12.6. The van der Waals surface area contributed by atoms with Crippen molar-refractivity contribution in [2.45, 2.75) is 44.3 Å². The Bertz CT molecular complexity index is 1630. The zero-order valence-electron chi connectivity index (χ0n) is 20.2. The second-order valence-electron chi connectivity index (χ2n) is 9.76. The number of carbonyl (C=O) groups is 1. The minimum Gasteiger partial charge on any atom is -0.382 e. The number of fused-ring (bicyclic) bond motifs is 2. The molecule has 4 aromatic heterocycles. The molecule has 0 bridgehead atoms. The highest BCUT2D eigenvalue weighted by molar-refractivity contribution is 5.92. The highest BCUT2D eigenvalue weighted by Crippen LogP contribution is 2.37. The number of nitrogens with two attached hydrogens (primary N) is 1. The number of rotatable bonds is 5. The fourth-order valence-electron chi connectivity index (χ4n) is 5.62. The average molecular weight is 498 g/mol. The smallest absolute Gasteiger partial charge is 0.220 e. The summed E-state index contributed by atoms with van der Waals surface area (Å²) < 4.78 is 11.5. The number of nitrogens with one attached hydrogen (secondary N) is 1. The summed E-state index contributed by atoms with van der Waals surface area (Å²) in [6.07, 6.45) is 8.41. The summed E-state index contributed by atoms with van der Waals surface area (Å²) in [6.45, 7) is 2.10. The summed E-state index contributed by atoms with van der Waals surface area (Å²) in [5.74, 6) is 0.519. The Morgan fingerprint density at radius 1 is 1.05 bits per heavy atom. The number of aromatic nitrogens is 7. The van der Waals surface area contributed by atoms with Crippen molar-refractivity contribution in [2.75, 3.05) is 18.9 Å². The van der Waals surface area contributed by atoms with Gasteiger partial charge in [0.1, 0.15) is 11.8 Å². The third-order valence-corrected chi connectivity index (χ3v) is 7.48. The monoisotopic (exact) mass is 497 g/mol. The topological polar surface area (TPSA) is 130 Å². The Morgan fingerprint density at radius 2 is 1.95 bits per heavy atom. The summed E-state index contributed by atoms with van der Waals surface area (Å²) >= 11 is 0. The first-order chi connectivity index (χ1) is 18.2. The average Bonchev–Trinajstić information content (AvgIpc) is 3.71. The predicted octanol–water partition coefficient (Wildman–Crippen LogP) is 2.82. The lowest BCUT2D eigenvalue weighted by atomic mass is 10.1. The van der Waals surface area contributed by atoms with Gasteiger partial charge in [0, 0.05) is 48.4 Å². The molecular formula is C26H27N9O2. The molecular weight excluding hydrogens is 470 g/mol. The molecule has 1 amide bonds. The number of benzene rings is 1. The number of hydrogen-bond donors (Lipinski definition) is 2. The normalized spacial score (nSPS) is 18.7. The number of amides is 1. The van der Waals surface area contributed by atoms with Crippen LogP contribution >= 0.6 is 0 Å². The van der Waals surface area contributed by atoms with Crippen molar-refractivity contribution in [1.29, 1.82) is 0 Å². The minimum atomic E-state index is 0.0954. The van der Waals surface area contributed by atoms with Crippen molar-refractivity contribution in [1.82, 2.24) is 39.5 Å². The summed E-state index contributed by atoms with van der Waals surface area (Å²) in [5.41, 5.74) is 12.0. The van der Waals surface area contributed by atoms with Crippen molar-refractivity contribution in [2.24, 2.45) is 0 Å². The molecule has 2 aliphatic heterocycles. The summed E-state index contributed by atoms with van der Waals surface area (Å²) in [4.78, 5) is 16.0. The van der Waals surface area contributed by atoms with Gasteiger partial charge in [-0.05, 0) is 37.5 Å². The van der Waals surface area contributed by atoms with E-state index in [0.717, 1.165) is 71.4 Å². The van der Waals surface area contributed by atoms with E-state index in [-0.39, 0.29) is 18.0 Å². The van der Waals surface area contributed by atoms with E-state index in [0.29, 0.717) is 18.8 Å². The second-order valence-corrected chi connectivity index (χ2v) is 9.76. The lowest BCUT2D eigenvalue weighted by molar-refractivity contribution is -0.119. The summed E-state index contributed by atoms with van der Waals surface area (Å²) in [7, 11) is 0. The van der Waals surface area contributed by atoms with Gasteiger partial charge in [0.15, 0.2) is 5.82 Å². The first kappa shape index (κ1) is 22.0. The minimum absolute atomic E-state index is 0.0954. The maximum atomic E-state index is 11.7. The molecule has 0 unspecified atom stereocenters. The number of hydrogen-bond acceptors (Lipinski definition) is 7. The number of carbonyl (C=O) groups excluding carboxylic acids is 1. The van der Waals surface area contributed by atoms with Crippen molar-refractivity contribution in [3.8, 4) is 22.5 Å². The molecule has 6 heterocycles.